The van der Waals surface area contributed by atoms with Gasteiger partial charge in [-0.15, -0.1) is 0 Å². The van der Waals surface area contributed by atoms with Crippen LogP contribution in [0.15, 0.2) is 0 Å². The summed E-state index contributed by atoms with van der Waals surface area (Å²) in [6.07, 6.45) is 1.48. The maximum absolute atomic E-state index is 13.0. The molecule has 202 valence electrons. The molecular formula is C23H43N5O7. The predicted molar refractivity (Wildman–Crippen MR) is 130 cm³/mol. The fourth-order valence-electron chi connectivity index (χ4n) is 3.40. The molecule has 0 heterocycles. The molecule has 0 aromatic rings. The van der Waals surface area contributed by atoms with Gasteiger partial charge in [0.1, 0.15) is 18.1 Å². The zero-order chi connectivity index (χ0) is 27.1. The highest BCUT2D eigenvalue weighted by Gasteiger charge is 2.31. The van der Waals surface area contributed by atoms with E-state index in [-0.39, 0.29) is 31.1 Å². The van der Waals surface area contributed by atoms with E-state index < -0.39 is 60.2 Å². The van der Waals surface area contributed by atoms with E-state index in [1.54, 1.807) is 0 Å². The Bertz CT molecular complexity index is 714. The van der Waals surface area contributed by atoms with E-state index in [1.165, 1.54) is 0 Å². The third kappa shape index (κ3) is 14.3. The van der Waals surface area contributed by atoms with Crippen molar-refractivity contribution in [2.24, 2.45) is 23.3 Å². The van der Waals surface area contributed by atoms with E-state index in [4.69, 9.17) is 16.6 Å². The largest absolute Gasteiger partial charge is 0.481 e. The molecule has 0 saturated carbocycles. The van der Waals surface area contributed by atoms with E-state index >= 15 is 0 Å². The summed E-state index contributed by atoms with van der Waals surface area (Å²) in [5.74, 6) is -4.37. The molecule has 0 bridgehead atoms. The average Bonchev–Trinajstić information content (AvgIpc) is 2.74. The molecule has 12 heteroatoms. The standard InChI is InChI=1S/C23H43N5O7/c1-13(2)11-17(22(33)28-18(23(34)35)12-14(3)4)27-21(32)16(8-9-19(29)30)26-20(31)15(25)7-5-6-10-24/h13-18H,5-12,24-25H2,1-4H3,(H,26,31)(H,27,32)(H,28,33)(H,29,30)(H,34,35). The number of unbranched alkanes of at least 4 members (excludes halogenated alkanes) is 1. The second-order valence-electron chi connectivity index (χ2n) is 9.60. The number of aliphatic carboxylic acids is 2. The molecule has 9 N–H and O–H groups in total. The molecule has 35 heavy (non-hydrogen) atoms. The summed E-state index contributed by atoms with van der Waals surface area (Å²) >= 11 is 0. The van der Waals surface area contributed by atoms with Crippen molar-refractivity contribution in [2.75, 3.05) is 6.54 Å². The normalized spacial score (nSPS) is 14.6. The molecule has 3 amide bonds. The van der Waals surface area contributed by atoms with Crippen molar-refractivity contribution in [3.63, 3.8) is 0 Å². The summed E-state index contributed by atoms with van der Waals surface area (Å²) in [7, 11) is 0. The van der Waals surface area contributed by atoms with Gasteiger partial charge >= 0.3 is 11.9 Å². The second kappa shape index (κ2) is 16.8. The van der Waals surface area contributed by atoms with Gasteiger partial charge in [-0.05, 0) is 50.5 Å². The lowest BCUT2D eigenvalue weighted by atomic mass is 10.00. The van der Waals surface area contributed by atoms with Gasteiger partial charge in [-0.3, -0.25) is 19.2 Å². The minimum Gasteiger partial charge on any atom is -0.481 e. The third-order valence-corrected chi connectivity index (χ3v) is 5.25. The van der Waals surface area contributed by atoms with Gasteiger partial charge in [0, 0.05) is 6.42 Å². The van der Waals surface area contributed by atoms with Gasteiger partial charge < -0.3 is 37.6 Å². The number of nitrogens with one attached hydrogen (secondary N) is 3. The van der Waals surface area contributed by atoms with Crippen LogP contribution < -0.4 is 27.4 Å². The molecular weight excluding hydrogens is 458 g/mol. The molecule has 0 fully saturated rings. The van der Waals surface area contributed by atoms with Crippen molar-refractivity contribution in [3.8, 4) is 0 Å². The fourth-order valence-corrected chi connectivity index (χ4v) is 3.40. The highest BCUT2D eigenvalue weighted by molar-refractivity contribution is 5.94. The van der Waals surface area contributed by atoms with Gasteiger partial charge in [-0.25, -0.2) is 4.79 Å². The molecule has 0 aromatic carbocycles. The Labute approximate surface area is 206 Å². The molecule has 4 unspecified atom stereocenters. The number of hydrogen-bond donors (Lipinski definition) is 7. The summed E-state index contributed by atoms with van der Waals surface area (Å²) in [5.41, 5.74) is 11.3. The summed E-state index contributed by atoms with van der Waals surface area (Å²) in [4.78, 5) is 61.0. The first-order chi connectivity index (χ1) is 16.3. The fraction of sp³-hybridized carbons (Fsp3) is 0.783. The number of nitrogens with two attached hydrogens (primary N) is 2. The minimum absolute atomic E-state index is 0.0132. The van der Waals surface area contributed by atoms with Crippen molar-refractivity contribution in [1.29, 1.82) is 0 Å². The number of carboxylic acid groups (broad SMARTS) is 2. The molecule has 0 aliphatic heterocycles. The molecule has 4 atom stereocenters. The summed E-state index contributed by atoms with van der Waals surface area (Å²) in [6, 6.07) is -4.32. The SMILES string of the molecule is CC(C)CC(NC(=O)C(CC(C)C)NC(=O)C(CCC(=O)O)NC(=O)C(N)CCCCN)C(=O)O. The first-order valence-electron chi connectivity index (χ1n) is 12.1. The Morgan fingerprint density at radius 2 is 1.20 bits per heavy atom. The van der Waals surface area contributed by atoms with Crippen LogP contribution >= 0.6 is 0 Å². The zero-order valence-electron chi connectivity index (χ0n) is 21.2. The summed E-state index contributed by atoms with van der Waals surface area (Å²) in [6.45, 7) is 7.77. The van der Waals surface area contributed by atoms with Gasteiger partial charge in [-0.1, -0.05) is 34.1 Å². The lowest BCUT2D eigenvalue weighted by Crippen LogP contribution is -2.57. The van der Waals surface area contributed by atoms with E-state index in [0.29, 0.717) is 25.8 Å². The monoisotopic (exact) mass is 501 g/mol. The van der Waals surface area contributed by atoms with Crippen LogP contribution in [0, 0.1) is 11.8 Å². The average molecular weight is 502 g/mol. The topological polar surface area (TPSA) is 214 Å². The van der Waals surface area contributed by atoms with Gasteiger partial charge in [0.15, 0.2) is 0 Å². The number of amides is 3. The summed E-state index contributed by atoms with van der Waals surface area (Å²) < 4.78 is 0. The number of carbonyl (C=O) groups excluding carboxylic acids is 3. The zero-order valence-corrected chi connectivity index (χ0v) is 21.2. The van der Waals surface area contributed by atoms with E-state index in [9.17, 15) is 29.1 Å². The van der Waals surface area contributed by atoms with Crippen molar-refractivity contribution in [3.05, 3.63) is 0 Å². The van der Waals surface area contributed by atoms with Crippen molar-refractivity contribution < 1.29 is 34.2 Å². The number of carbonyl (C=O) groups is 5. The van der Waals surface area contributed by atoms with Crippen LogP contribution in [0.5, 0.6) is 0 Å². The molecule has 0 saturated heterocycles. The quantitative estimate of drug-likeness (QED) is 0.125. The van der Waals surface area contributed by atoms with Crippen LogP contribution in [-0.2, 0) is 24.0 Å². The van der Waals surface area contributed by atoms with Crippen LogP contribution in [0.4, 0.5) is 0 Å². The molecule has 0 aliphatic carbocycles. The highest BCUT2D eigenvalue weighted by atomic mass is 16.4. The third-order valence-electron chi connectivity index (χ3n) is 5.25. The molecule has 12 nitrogen and oxygen atoms in total. The molecule has 0 aliphatic rings. The smallest absolute Gasteiger partial charge is 0.326 e. The number of rotatable bonds is 18. The summed E-state index contributed by atoms with van der Waals surface area (Å²) in [5, 5.41) is 26.0. The second-order valence-corrected chi connectivity index (χ2v) is 9.60. The van der Waals surface area contributed by atoms with Gasteiger partial charge in [0.25, 0.3) is 0 Å². The van der Waals surface area contributed by atoms with Crippen LogP contribution in [-0.4, -0.2) is 70.6 Å². The Morgan fingerprint density at radius 3 is 1.69 bits per heavy atom. The molecule has 0 spiro atoms. The van der Waals surface area contributed by atoms with Gasteiger partial charge in [-0.2, -0.15) is 0 Å². The van der Waals surface area contributed by atoms with Gasteiger partial charge in [0.05, 0.1) is 6.04 Å². The number of hydrogen-bond acceptors (Lipinski definition) is 7. The van der Waals surface area contributed by atoms with Crippen molar-refractivity contribution >= 4 is 29.7 Å². The molecule has 0 radical (unpaired) electrons. The first kappa shape index (κ1) is 32.3. The Kier molecular flexibility index (Phi) is 15.5. The van der Waals surface area contributed by atoms with Crippen LogP contribution in [0.2, 0.25) is 0 Å². The van der Waals surface area contributed by atoms with E-state index in [2.05, 4.69) is 16.0 Å². The van der Waals surface area contributed by atoms with Crippen LogP contribution in [0.25, 0.3) is 0 Å². The number of carboxylic acids is 2. The Hall–Kier alpha value is -2.73. The Morgan fingerprint density at radius 1 is 0.714 bits per heavy atom. The van der Waals surface area contributed by atoms with Crippen molar-refractivity contribution in [1.82, 2.24) is 16.0 Å². The lowest BCUT2D eigenvalue weighted by Gasteiger charge is -2.26. The minimum atomic E-state index is -1.23. The highest BCUT2D eigenvalue weighted by Crippen LogP contribution is 2.10. The van der Waals surface area contributed by atoms with E-state index in [1.807, 2.05) is 27.7 Å². The maximum Gasteiger partial charge on any atom is 0.326 e. The molecule has 0 aromatic heterocycles. The maximum atomic E-state index is 13.0. The molecule has 0 rings (SSSR count). The predicted octanol–water partition coefficient (Wildman–Crippen LogP) is -0.0613. The first-order valence-corrected chi connectivity index (χ1v) is 12.1. The van der Waals surface area contributed by atoms with Gasteiger partial charge in [0.2, 0.25) is 17.7 Å². The lowest BCUT2D eigenvalue weighted by molar-refractivity contribution is -0.143. The van der Waals surface area contributed by atoms with Crippen molar-refractivity contribution in [2.45, 2.75) is 96.8 Å². The van der Waals surface area contributed by atoms with Crippen LogP contribution in [0.1, 0.15) is 72.6 Å². The van der Waals surface area contributed by atoms with E-state index in [0.717, 1.165) is 0 Å². The Balaban J connectivity index is 5.50. The van der Waals surface area contributed by atoms with Crippen LogP contribution in [0.3, 0.4) is 0 Å².